The van der Waals surface area contributed by atoms with Crippen LogP contribution in [0.15, 0.2) is 18.2 Å². The molecule has 0 radical (unpaired) electrons. The van der Waals surface area contributed by atoms with Gasteiger partial charge in [-0.25, -0.2) is 9.97 Å². The lowest BCUT2D eigenvalue weighted by molar-refractivity contribution is 0.709. The molecular weight excluding hydrogens is 292 g/mol. The third-order valence-corrected chi connectivity index (χ3v) is 4.87. The number of hydrogen-bond donors (Lipinski definition) is 1. The molecule has 4 rings (SSSR count). The topological polar surface area (TPSA) is 44.8 Å². The lowest BCUT2D eigenvalue weighted by Crippen LogP contribution is -2.30. The van der Waals surface area contributed by atoms with E-state index in [0.29, 0.717) is 0 Å². The van der Waals surface area contributed by atoms with Crippen LogP contribution in [-0.4, -0.2) is 21.5 Å². The van der Waals surface area contributed by atoms with Crippen LogP contribution < -0.4 is 4.90 Å². The van der Waals surface area contributed by atoms with Crippen molar-refractivity contribution in [3.05, 3.63) is 40.4 Å². The van der Waals surface area contributed by atoms with Crippen LogP contribution in [0.4, 0.5) is 5.13 Å². The van der Waals surface area contributed by atoms with E-state index >= 15 is 0 Å². The summed E-state index contributed by atoms with van der Waals surface area (Å²) in [6.45, 7) is 3.82. The Morgan fingerprint density at radius 3 is 3.15 bits per heavy atom. The molecule has 0 spiro atoms. The van der Waals surface area contributed by atoms with E-state index in [-0.39, 0.29) is 0 Å². The van der Waals surface area contributed by atoms with Gasteiger partial charge in [0.2, 0.25) is 0 Å². The molecule has 3 aromatic rings. The number of H-pyrrole nitrogens is 1. The van der Waals surface area contributed by atoms with E-state index in [1.165, 1.54) is 11.4 Å². The SMILES string of the molecule is Cc1nc2c([nH]1)CN(c1nc3ccc(Cl)cc3s1)CC2. The molecular formula is C14H13ClN4S. The van der Waals surface area contributed by atoms with Gasteiger partial charge in [0.15, 0.2) is 5.13 Å². The van der Waals surface area contributed by atoms with Crippen molar-refractivity contribution in [2.75, 3.05) is 11.4 Å². The fourth-order valence-corrected chi connectivity index (χ4v) is 3.89. The molecule has 2 aromatic heterocycles. The second kappa shape index (κ2) is 4.46. The summed E-state index contributed by atoms with van der Waals surface area (Å²) in [5.41, 5.74) is 3.43. The fraction of sp³-hybridized carbons (Fsp3) is 0.286. The molecule has 0 bridgehead atoms. The van der Waals surface area contributed by atoms with Gasteiger partial charge in [-0.2, -0.15) is 0 Å². The quantitative estimate of drug-likeness (QED) is 0.748. The predicted octanol–water partition coefficient (Wildman–Crippen LogP) is 3.54. The van der Waals surface area contributed by atoms with Crippen LogP contribution in [0.2, 0.25) is 5.02 Å². The molecule has 4 nitrogen and oxygen atoms in total. The van der Waals surface area contributed by atoms with E-state index in [1.807, 2.05) is 25.1 Å². The predicted molar refractivity (Wildman–Crippen MR) is 82.7 cm³/mol. The highest BCUT2D eigenvalue weighted by atomic mass is 35.5. The average molecular weight is 305 g/mol. The van der Waals surface area contributed by atoms with Gasteiger partial charge in [-0.15, -0.1) is 0 Å². The lowest BCUT2D eigenvalue weighted by Gasteiger charge is -2.25. The zero-order valence-electron chi connectivity index (χ0n) is 11.0. The van der Waals surface area contributed by atoms with E-state index in [4.69, 9.17) is 16.6 Å². The number of thiazole rings is 1. The van der Waals surface area contributed by atoms with Gasteiger partial charge in [0.05, 0.1) is 28.1 Å². The number of nitrogens with one attached hydrogen (secondary N) is 1. The Labute approximate surface area is 125 Å². The van der Waals surface area contributed by atoms with Crippen LogP contribution >= 0.6 is 22.9 Å². The number of aromatic amines is 1. The van der Waals surface area contributed by atoms with Crippen LogP contribution in [0, 0.1) is 6.92 Å². The molecule has 1 aliphatic rings. The van der Waals surface area contributed by atoms with Gasteiger partial charge in [-0.05, 0) is 25.1 Å². The Morgan fingerprint density at radius 2 is 2.25 bits per heavy atom. The molecule has 1 aromatic carbocycles. The van der Waals surface area contributed by atoms with Crippen LogP contribution in [0.1, 0.15) is 17.2 Å². The minimum absolute atomic E-state index is 0.762. The normalized spacial score (nSPS) is 14.8. The Kier molecular flexibility index (Phi) is 2.72. The van der Waals surface area contributed by atoms with Crippen molar-refractivity contribution in [1.29, 1.82) is 0 Å². The van der Waals surface area contributed by atoms with Crippen molar-refractivity contribution in [3.63, 3.8) is 0 Å². The average Bonchev–Trinajstić information content (AvgIpc) is 2.99. The van der Waals surface area contributed by atoms with Crippen LogP contribution in [0.3, 0.4) is 0 Å². The summed E-state index contributed by atoms with van der Waals surface area (Å²) in [5, 5.41) is 1.82. The number of aromatic nitrogens is 3. The number of imidazole rings is 1. The number of nitrogens with zero attached hydrogens (tertiary/aromatic N) is 3. The standard InChI is InChI=1S/C14H13ClN4S/c1-8-16-10-4-5-19(7-12(10)17-8)14-18-11-3-2-9(15)6-13(11)20-14/h2-3,6H,4-5,7H2,1H3,(H,16,17). The first kappa shape index (κ1) is 12.2. The molecule has 0 fully saturated rings. The first-order chi connectivity index (χ1) is 9.69. The molecule has 3 heterocycles. The van der Waals surface area contributed by atoms with Crippen molar-refractivity contribution in [3.8, 4) is 0 Å². The second-order valence-electron chi connectivity index (χ2n) is 5.03. The fourth-order valence-electron chi connectivity index (χ4n) is 2.62. The number of aryl methyl sites for hydroxylation is 1. The van der Waals surface area contributed by atoms with Crippen LogP contribution in [0.5, 0.6) is 0 Å². The summed E-state index contributed by atoms with van der Waals surface area (Å²) < 4.78 is 1.14. The van der Waals surface area contributed by atoms with E-state index in [9.17, 15) is 0 Å². The molecule has 0 unspecified atom stereocenters. The summed E-state index contributed by atoms with van der Waals surface area (Å²) in [5.74, 6) is 0.993. The molecule has 1 N–H and O–H groups in total. The highest BCUT2D eigenvalue weighted by Gasteiger charge is 2.21. The maximum absolute atomic E-state index is 6.04. The number of halogens is 1. The molecule has 0 atom stereocenters. The summed E-state index contributed by atoms with van der Waals surface area (Å²) >= 11 is 7.73. The Hall–Kier alpha value is -1.59. The Morgan fingerprint density at radius 1 is 1.35 bits per heavy atom. The molecule has 0 amide bonds. The number of rotatable bonds is 1. The van der Waals surface area contributed by atoms with Gasteiger partial charge in [-0.1, -0.05) is 22.9 Å². The lowest BCUT2D eigenvalue weighted by atomic mass is 10.1. The monoisotopic (exact) mass is 304 g/mol. The van der Waals surface area contributed by atoms with Crippen molar-refractivity contribution in [2.45, 2.75) is 19.9 Å². The largest absolute Gasteiger partial charge is 0.344 e. The Balaban J connectivity index is 1.70. The number of anilines is 1. The van der Waals surface area contributed by atoms with Crippen molar-refractivity contribution >= 4 is 38.3 Å². The van der Waals surface area contributed by atoms with Gasteiger partial charge in [0, 0.05) is 18.0 Å². The minimum Gasteiger partial charge on any atom is -0.344 e. The van der Waals surface area contributed by atoms with Gasteiger partial charge in [0.25, 0.3) is 0 Å². The zero-order valence-corrected chi connectivity index (χ0v) is 12.6. The molecule has 0 saturated carbocycles. The summed E-state index contributed by atoms with van der Waals surface area (Å²) in [4.78, 5) is 14.9. The first-order valence-corrected chi connectivity index (χ1v) is 7.74. The van der Waals surface area contributed by atoms with E-state index in [1.54, 1.807) is 11.3 Å². The van der Waals surface area contributed by atoms with Crippen LogP contribution in [0.25, 0.3) is 10.2 Å². The van der Waals surface area contributed by atoms with Gasteiger partial charge in [-0.3, -0.25) is 0 Å². The van der Waals surface area contributed by atoms with E-state index in [2.05, 4.69) is 14.9 Å². The zero-order chi connectivity index (χ0) is 13.7. The van der Waals surface area contributed by atoms with Gasteiger partial charge in [0.1, 0.15) is 5.82 Å². The summed E-state index contributed by atoms with van der Waals surface area (Å²) in [6, 6.07) is 5.85. The molecule has 1 aliphatic heterocycles. The molecule has 102 valence electrons. The molecule has 6 heteroatoms. The minimum atomic E-state index is 0.762. The van der Waals surface area contributed by atoms with Crippen LogP contribution in [-0.2, 0) is 13.0 Å². The number of benzene rings is 1. The second-order valence-corrected chi connectivity index (χ2v) is 6.47. The smallest absolute Gasteiger partial charge is 0.186 e. The number of fused-ring (bicyclic) bond motifs is 2. The maximum Gasteiger partial charge on any atom is 0.186 e. The maximum atomic E-state index is 6.04. The van der Waals surface area contributed by atoms with Crippen molar-refractivity contribution in [1.82, 2.24) is 15.0 Å². The Bertz CT molecular complexity index is 792. The molecule has 20 heavy (non-hydrogen) atoms. The molecule has 0 saturated heterocycles. The first-order valence-electron chi connectivity index (χ1n) is 6.54. The summed E-state index contributed by atoms with van der Waals surface area (Å²) in [6.07, 6.45) is 0.969. The summed E-state index contributed by atoms with van der Waals surface area (Å²) in [7, 11) is 0. The van der Waals surface area contributed by atoms with Crippen molar-refractivity contribution in [2.24, 2.45) is 0 Å². The van der Waals surface area contributed by atoms with E-state index in [0.717, 1.165) is 45.7 Å². The number of hydrogen-bond acceptors (Lipinski definition) is 4. The van der Waals surface area contributed by atoms with E-state index < -0.39 is 0 Å². The third-order valence-electron chi connectivity index (χ3n) is 3.56. The molecule has 0 aliphatic carbocycles. The van der Waals surface area contributed by atoms with Crippen molar-refractivity contribution < 1.29 is 0 Å². The van der Waals surface area contributed by atoms with Gasteiger partial charge >= 0.3 is 0 Å². The van der Waals surface area contributed by atoms with Gasteiger partial charge < -0.3 is 9.88 Å². The highest BCUT2D eigenvalue weighted by Crippen LogP contribution is 2.32. The third kappa shape index (κ3) is 1.98. The highest BCUT2D eigenvalue weighted by molar-refractivity contribution is 7.22.